The van der Waals surface area contributed by atoms with Crippen molar-refractivity contribution >= 4 is 68.2 Å². The molecule has 0 atom stereocenters. The SMILES string of the molecule is COc1cc2c(cc1Nc1ncc(Br)c(Nc3ccc4nccnc4c3P(C)(C)=O)n1)-c1cnn(C3COC3)c1CCN2C(C)C. The molecule has 46 heavy (non-hydrogen) atoms. The summed E-state index contributed by atoms with van der Waals surface area (Å²) < 4.78 is 27.6. The summed E-state index contributed by atoms with van der Waals surface area (Å²) in [6.45, 7) is 10.1. The van der Waals surface area contributed by atoms with E-state index in [1.165, 1.54) is 5.69 Å². The first-order valence-electron chi connectivity index (χ1n) is 15.1. The molecule has 2 aliphatic heterocycles. The van der Waals surface area contributed by atoms with Crippen molar-refractivity contribution in [2.24, 2.45) is 0 Å². The van der Waals surface area contributed by atoms with Crippen molar-refractivity contribution in [3.63, 3.8) is 0 Å². The number of ether oxygens (including phenoxy) is 2. The van der Waals surface area contributed by atoms with Crippen LogP contribution in [-0.4, -0.2) is 76.0 Å². The second kappa shape index (κ2) is 11.9. The standard InChI is InChI=1S/C32H35BrN9O3P/c1-18(2)41-11-8-26-21(14-37-42(26)19-16-45-17-19)20-12-25(28(44-3)13-27(20)41)39-32-36-15-22(33)31(40-32)38-24-7-6-23-29(35-10-9-34-23)30(24)46(4,5)43/h6-7,9-10,12-15,18-19H,8,11,16-17H2,1-5H3,(H2,36,38,39,40). The lowest BCUT2D eigenvalue weighted by molar-refractivity contribution is -0.0297. The Bertz CT molecular complexity index is 2010. The van der Waals surface area contributed by atoms with Gasteiger partial charge in [-0.2, -0.15) is 10.1 Å². The number of nitrogens with one attached hydrogen (secondary N) is 2. The van der Waals surface area contributed by atoms with Gasteiger partial charge < -0.3 is 29.6 Å². The first kappa shape index (κ1) is 30.6. The summed E-state index contributed by atoms with van der Waals surface area (Å²) in [5, 5.41) is 12.2. The molecular formula is C32H35BrN9O3P. The van der Waals surface area contributed by atoms with Crippen LogP contribution in [0.25, 0.3) is 22.2 Å². The number of hydrogen-bond acceptors (Lipinski definition) is 11. The van der Waals surface area contributed by atoms with E-state index in [1.54, 1.807) is 39.0 Å². The van der Waals surface area contributed by atoms with E-state index in [9.17, 15) is 4.57 Å². The van der Waals surface area contributed by atoms with Crippen LogP contribution in [-0.2, 0) is 15.7 Å². The van der Waals surface area contributed by atoms with Gasteiger partial charge in [0.1, 0.15) is 24.2 Å². The predicted molar refractivity (Wildman–Crippen MR) is 185 cm³/mol. The maximum absolute atomic E-state index is 13.5. The van der Waals surface area contributed by atoms with Gasteiger partial charge in [0.25, 0.3) is 0 Å². The van der Waals surface area contributed by atoms with Crippen LogP contribution in [0.15, 0.2) is 53.5 Å². The van der Waals surface area contributed by atoms with Gasteiger partial charge in [-0.3, -0.25) is 14.6 Å². The monoisotopic (exact) mass is 703 g/mol. The first-order valence-corrected chi connectivity index (χ1v) is 18.5. The summed E-state index contributed by atoms with van der Waals surface area (Å²) in [7, 11) is -1.10. The van der Waals surface area contributed by atoms with E-state index < -0.39 is 7.14 Å². The third kappa shape index (κ3) is 5.50. The molecule has 238 valence electrons. The summed E-state index contributed by atoms with van der Waals surface area (Å²) in [5.41, 5.74) is 7.11. The predicted octanol–water partition coefficient (Wildman–Crippen LogP) is 6.13. The molecule has 2 aromatic carbocycles. The fraction of sp³-hybridized carbons (Fsp3) is 0.344. The van der Waals surface area contributed by atoms with E-state index in [2.05, 4.69) is 77.1 Å². The highest BCUT2D eigenvalue weighted by Gasteiger charge is 2.31. The summed E-state index contributed by atoms with van der Waals surface area (Å²) >= 11 is 3.59. The lowest BCUT2D eigenvalue weighted by Gasteiger charge is -2.30. The maximum atomic E-state index is 13.5. The Labute approximate surface area is 275 Å². The number of fused-ring (bicyclic) bond motifs is 4. The van der Waals surface area contributed by atoms with Gasteiger partial charge in [0.2, 0.25) is 5.95 Å². The number of hydrogen-bond donors (Lipinski definition) is 2. The Hall–Kier alpha value is -4.06. The summed E-state index contributed by atoms with van der Waals surface area (Å²) in [4.78, 5) is 20.7. The van der Waals surface area contributed by atoms with Crippen molar-refractivity contribution in [2.75, 3.05) is 55.7 Å². The van der Waals surface area contributed by atoms with Crippen LogP contribution in [0.4, 0.5) is 28.8 Å². The zero-order chi connectivity index (χ0) is 32.2. The Balaban J connectivity index is 1.28. The minimum atomic E-state index is -2.76. The Morgan fingerprint density at radius 3 is 2.57 bits per heavy atom. The number of benzene rings is 2. The third-order valence-corrected chi connectivity index (χ3v) is 10.5. The average Bonchev–Trinajstić information content (AvgIpc) is 3.32. The third-order valence-electron chi connectivity index (χ3n) is 8.39. The van der Waals surface area contributed by atoms with E-state index in [-0.39, 0.29) is 12.1 Å². The summed E-state index contributed by atoms with van der Waals surface area (Å²) in [6.07, 6.45) is 7.75. The highest BCUT2D eigenvalue weighted by Crippen LogP contribution is 2.45. The molecule has 0 unspecified atom stereocenters. The van der Waals surface area contributed by atoms with Crippen molar-refractivity contribution in [2.45, 2.75) is 32.4 Å². The molecule has 2 N–H and O–H groups in total. The molecule has 2 aliphatic rings. The van der Waals surface area contributed by atoms with E-state index in [1.807, 2.05) is 18.3 Å². The topological polar surface area (TPSA) is 132 Å². The van der Waals surface area contributed by atoms with Gasteiger partial charge in [-0.25, -0.2) is 4.98 Å². The molecule has 7 rings (SSSR count). The van der Waals surface area contributed by atoms with Gasteiger partial charge >= 0.3 is 0 Å². The molecule has 1 fully saturated rings. The molecule has 0 aliphatic carbocycles. The minimum Gasteiger partial charge on any atom is -0.494 e. The molecule has 3 aromatic heterocycles. The second-order valence-corrected chi connectivity index (χ2v) is 16.1. The fourth-order valence-electron chi connectivity index (χ4n) is 6.14. The van der Waals surface area contributed by atoms with E-state index in [0.29, 0.717) is 57.2 Å². The Kier molecular flexibility index (Phi) is 7.94. The van der Waals surface area contributed by atoms with Crippen molar-refractivity contribution in [3.05, 3.63) is 59.2 Å². The molecule has 5 aromatic rings. The molecular weight excluding hydrogens is 669 g/mol. The summed E-state index contributed by atoms with van der Waals surface area (Å²) in [6, 6.07) is 8.44. The normalized spacial score (nSPS) is 14.9. The molecule has 1 saturated heterocycles. The number of halogens is 1. The number of rotatable bonds is 8. The molecule has 5 heterocycles. The number of methoxy groups -OCH3 is 1. The lowest BCUT2D eigenvalue weighted by atomic mass is 10.0. The smallest absolute Gasteiger partial charge is 0.229 e. The van der Waals surface area contributed by atoms with Crippen molar-refractivity contribution < 1.29 is 14.0 Å². The first-order chi connectivity index (χ1) is 22.1. The van der Waals surface area contributed by atoms with E-state index in [0.717, 1.165) is 35.5 Å². The lowest BCUT2D eigenvalue weighted by Crippen LogP contribution is -2.34. The fourth-order valence-corrected chi connectivity index (χ4v) is 7.83. The van der Waals surface area contributed by atoms with Crippen molar-refractivity contribution in [1.82, 2.24) is 29.7 Å². The Morgan fingerprint density at radius 1 is 1.04 bits per heavy atom. The summed E-state index contributed by atoms with van der Waals surface area (Å²) in [5.74, 6) is 1.53. The van der Waals surface area contributed by atoms with Crippen LogP contribution in [0.2, 0.25) is 0 Å². The number of nitrogens with zero attached hydrogens (tertiary/aromatic N) is 7. The second-order valence-electron chi connectivity index (χ2n) is 12.1. The highest BCUT2D eigenvalue weighted by atomic mass is 79.9. The molecule has 0 radical (unpaired) electrons. The molecule has 0 bridgehead atoms. The van der Waals surface area contributed by atoms with Gasteiger partial charge in [0.05, 0.1) is 59.2 Å². The van der Waals surface area contributed by atoms with Gasteiger partial charge in [-0.05, 0) is 61.3 Å². The van der Waals surface area contributed by atoms with Gasteiger partial charge in [-0.15, -0.1) is 0 Å². The zero-order valence-corrected chi connectivity index (χ0v) is 28.8. The molecule has 14 heteroatoms. The van der Waals surface area contributed by atoms with Crippen LogP contribution in [0.3, 0.4) is 0 Å². The quantitative estimate of drug-likeness (QED) is 0.181. The van der Waals surface area contributed by atoms with Crippen LogP contribution in [0.5, 0.6) is 5.75 Å². The molecule has 0 spiro atoms. The van der Waals surface area contributed by atoms with Crippen LogP contribution >= 0.6 is 23.1 Å². The number of anilines is 5. The molecule has 0 amide bonds. The highest BCUT2D eigenvalue weighted by molar-refractivity contribution is 9.10. The van der Waals surface area contributed by atoms with Crippen molar-refractivity contribution in [3.8, 4) is 16.9 Å². The van der Waals surface area contributed by atoms with E-state index in [4.69, 9.17) is 19.6 Å². The number of aromatic nitrogens is 6. The Morgan fingerprint density at radius 2 is 1.85 bits per heavy atom. The zero-order valence-electron chi connectivity index (χ0n) is 26.3. The minimum absolute atomic E-state index is 0.264. The molecule has 12 nitrogen and oxygen atoms in total. The van der Waals surface area contributed by atoms with Gasteiger partial charge in [0, 0.05) is 66.2 Å². The average molecular weight is 705 g/mol. The molecule has 0 saturated carbocycles. The van der Waals surface area contributed by atoms with Crippen molar-refractivity contribution in [1.29, 1.82) is 0 Å². The van der Waals surface area contributed by atoms with Crippen LogP contribution in [0, 0.1) is 0 Å². The largest absolute Gasteiger partial charge is 0.494 e. The van der Waals surface area contributed by atoms with Crippen LogP contribution in [0.1, 0.15) is 25.6 Å². The van der Waals surface area contributed by atoms with Gasteiger partial charge in [0.15, 0.2) is 0 Å². The van der Waals surface area contributed by atoms with E-state index >= 15 is 0 Å². The maximum Gasteiger partial charge on any atom is 0.229 e. The van der Waals surface area contributed by atoms with Gasteiger partial charge in [-0.1, -0.05) is 0 Å². The van der Waals surface area contributed by atoms with Crippen LogP contribution < -0.4 is 25.6 Å².